The molecule has 0 bridgehead atoms. The minimum absolute atomic E-state index is 0.0531. The van der Waals surface area contributed by atoms with Gasteiger partial charge in [0.25, 0.3) is 5.91 Å². The normalized spacial score (nSPS) is 12.8. The Morgan fingerprint density at radius 2 is 2.05 bits per heavy atom. The van der Waals surface area contributed by atoms with Gasteiger partial charge < -0.3 is 10.6 Å². The van der Waals surface area contributed by atoms with Gasteiger partial charge in [0.05, 0.1) is 6.42 Å². The van der Waals surface area contributed by atoms with Crippen LogP contribution in [0.5, 0.6) is 0 Å². The maximum atomic E-state index is 13.2. The Morgan fingerprint density at radius 3 is 2.81 bits per heavy atom. The number of anilines is 2. The molecule has 0 saturated carbocycles. The van der Waals surface area contributed by atoms with Crippen molar-refractivity contribution in [1.82, 2.24) is 0 Å². The minimum atomic E-state index is -0.339. The van der Waals surface area contributed by atoms with Crippen molar-refractivity contribution in [3.8, 4) is 0 Å². The largest absolute Gasteiger partial charge is 0.326 e. The number of hydrogen-bond donors (Lipinski definition) is 2. The summed E-state index contributed by atoms with van der Waals surface area (Å²) >= 11 is 0. The van der Waals surface area contributed by atoms with Crippen molar-refractivity contribution in [2.24, 2.45) is 0 Å². The van der Waals surface area contributed by atoms with Crippen LogP contribution in [0.1, 0.15) is 21.5 Å². The first kappa shape index (κ1) is 13.3. The number of nitrogens with one attached hydrogen (secondary N) is 2. The van der Waals surface area contributed by atoms with Gasteiger partial charge in [-0.25, -0.2) is 4.39 Å². The summed E-state index contributed by atoms with van der Waals surface area (Å²) in [7, 11) is 0. The number of benzene rings is 2. The van der Waals surface area contributed by atoms with E-state index in [4.69, 9.17) is 0 Å². The first-order valence-electron chi connectivity index (χ1n) is 6.53. The van der Waals surface area contributed by atoms with Crippen LogP contribution in [-0.4, -0.2) is 11.8 Å². The first-order chi connectivity index (χ1) is 10.0. The fourth-order valence-electron chi connectivity index (χ4n) is 2.30. The smallest absolute Gasteiger partial charge is 0.255 e. The van der Waals surface area contributed by atoms with Crippen molar-refractivity contribution < 1.29 is 14.0 Å². The number of fused-ring (bicyclic) bond motifs is 1. The van der Waals surface area contributed by atoms with E-state index in [0.29, 0.717) is 23.2 Å². The monoisotopic (exact) mass is 284 g/mol. The molecule has 0 saturated heterocycles. The summed E-state index contributed by atoms with van der Waals surface area (Å²) in [6, 6.07) is 9.46. The van der Waals surface area contributed by atoms with Gasteiger partial charge in [-0.3, -0.25) is 9.59 Å². The molecule has 0 fully saturated rings. The highest BCUT2D eigenvalue weighted by Gasteiger charge is 2.18. The van der Waals surface area contributed by atoms with Gasteiger partial charge in [0.15, 0.2) is 0 Å². The van der Waals surface area contributed by atoms with Crippen LogP contribution in [0.15, 0.2) is 36.4 Å². The molecule has 2 aromatic rings. The molecule has 106 valence electrons. The van der Waals surface area contributed by atoms with Gasteiger partial charge in [-0.2, -0.15) is 0 Å². The van der Waals surface area contributed by atoms with Gasteiger partial charge in [0.2, 0.25) is 5.91 Å². The molecule has 0 radical (unpaired) electrons. The standard InChI is InChI=1S/C16H13FN2O2/c1-9-6-10(2-4-13(9)17)16(21)18-12-3-5-14-11(7-12)8-15(20)19-14/h2-7H,8H2,1H3,(H,18,21)(H,19,20). The molecule has 1 aliphatic rings. The predicted octanol–water partition coefficient (Wildman–Crippen LogP) is 2.88. The molecule has 1 aliphatic heterocycles. The zero-order valence-electron chi connectivity index (χ0n) is 11.4. The van der Waals surface area contributed by atoms with Gasteiger partial charge in [-0.15, -0.1) is 0 Å². The number of carbonyl (C=O) groups excluding carboxylic acids is 2. The molecule has 2 amide bonds. The summed E-state index contributed by atoms with van der Waals surface area (Å²) in [4.78, 5) is 23.4. The quantitative estimate of drug-likeness (QED) is 0.891. The molecule has 0 unspecified atom stereocenters. The molecule has 3 rings (SSSR count). The van der Waals surface area contributed by atoms with E-state index in [1.165, 1.54) is 18.2 Å². The molecule has 0 aliphatic carbocycles. The Bertz CT molecular complexity index is 756. The molecule has 0 spiro atoms. The van der Waals surface area contributed by atoms with Gasteiger partial charge in [-0.1, -0.05) is 0 Å². The molecule has 0 atom stereocenters. The summed E-state index contributed by atoms with van der Waals surface area (Å²) in [6.07, 6.45) is 0.314. The summed E-state index contributed by atoms with van der Waals surface area (Å²) < 4.78 is 13.2. The third kappa shape index (κ3) is 2.63. The van der Waals surface area contributed by atoms with E-state index < -0.39 is 0 Å². The second kappa shape index (κ2) is 5.01. The Morgan fingerprint density at radius 1 is 1.24 bits per heavy atom. The highest BCUT2D eigenvalue weighted by Crippen LogP contribution is 2.26. The van der Waals surface area contributed by atoms with Crippen molar-refractivity contribution in [3.05, 3.63) is 58.9 Å². The van der Waals surface area contributed by atoms with E-state index >= 15 is 0 Å². The van der Waals surface area contributed by atoms with E-state index in [0.717, 1.165) is 11.3 Å². The molecular formula is C16H13FN2O2. The van der Waals surface area contributed by atoms with Crippen LogP contribution in [0.4, 0.5) is 15.8 Å². The molecule has 0 aromatic heterocycles. The highest BCUT2D eigenvalue weighted by atomic mass is 19.1. The lowest BCUT2D eigenvalue weighted by molar-refractivity contribution is -0.115. The van der Waals surface area contributed by atoms with Crippen LogP contribution in [-0.2, 0) is 11.2 Å². The number of carbonyl (C=O) groups is 2. The van der Waals surface area contributed by atoms with Crippen LogP contribution < -0.4 is 10.6 Å². The Kier molecular flexibility index (Phi) is 3.17. The van der Waals surface area contributed by atoms with Crippen LogP contribution in [0.25, 0.3) is 0 Å². The van der Waals surface area contributed by atoms with Gasteiger partial charge in [0.1, 0.15) is 5.82 Å². The van der Waals surface area contributed by atoms with Crippen LogP contribution in [0.2, 0.25) is 0 Å². The summed E-state index contributed by atoms with van der Waals surface area (Å²) in [6.45, 7) is 1.61. The van der Waals surface area contributed by atoms with Gasteiger partial charge in [-0.05, 0) is 54.4 Å². The number of halogens is 1. The van der Waals surface area contributed by atoms with E-state index in [-0.39, 0.29) is 17.6 Å². The number of aryl methyl sites for hydroxylation is 1. The maximum absolute atomic E-state index is 13.2. The molecule has 4 nitrogen and oxygen atoms in total. The molecule has 5 heteroatoms. The van der Waals surface area contributed by atoms with Crippen molar-refractivity contribution in [3.63, 3.8) is 0 Å². The average molecular weight is 284 g/mol. The first-order valence-corrected chi connectivity index (χ1v) is 6.53. The molecule has 1 heterocycles. The van der Waals surface area contributed by atoms with Crippen LogP contribution in [0, 0.1) is 12.7 Å². The average Bonchev–Trinajstić information content (AvgIpc) is 2.81. The maximum Gasteiger partial charge on any atom is 0.255 e. The number of rotatable bonds is 2. The highest BCUT2D eigenvalue weighted by molar-refractivity contribution is 6.05. The lowest BCUT2D eigenvalue weighted by Gasteiger charge is -2.08. The topological polar surface area (TPSA) is 58.2 Å². The summed E-state index contributed by atoms with van der Waals surface area (Å²) in [5.74, 6) is -0.702. The fourth-order valence-corrected chi connectivity index (χ4v) is 2.30. The lowest BCUT2D eigenvalue weighted by atomic mass is 10.1. The van der Waals surface area contributed by atoms with Crippen LogP contribution in [0.3, 0.4) is 0 Å². The second-order valence-corrected chi connectivity index (χ2v) is 5.01. The second-order valence-electron chi connectivity index (χ2n) is 5.01. The van der Waals surface area contributed by atoms with Crippen molar-refractivity contribution >= 4 is 23.2 Å². The Labute approximate surface area is 121 Å². The van der Waals surface area contributed by atoms with Crippen LogP contribution >= 0.6 is 0 Å². The SMILES string of the molecule is Cc1cc(C(=O)Nc2ccc3c(c2)CC(=O)N3)ccc1F. The number of hydrogen-bond acceptors (Lipinski definition) is 2. The van der Waals surface area contributed by atoms with Gasteiger partial charge >= 0.3 is 0 Å². The summed E-state index contributed by atoms with van der Waals surface area (Å²) in [5.41, 5.74) is 3.05. The lowest BCUT2D eigenvalue weighted by Crippen LogP contribution is -2.12. The van der Waals surface area contributed by atoms with Crippen molar-refractivity contribution in [2.75, 3.05) is 10.6 Å². The third-order valence-electron chi connectivity index (χ3n) is 3.41. The van der Waals surface area contributed by atoms with E-state index in [9.17, 15) is 14.0 Å². The molecule has 2 N–H and O–H groups in total. The number of amides is 2. The predicted molar refractivity (Wildman–Crippen MR) is 77.9 cm³/mol. The zero-order chi connectivity index (χ0) is 15.0. The van der Waals surface area contributed by atoms with Gasteiger partial charge in [0, 0.05) is 16.9 Å². The molecule has 2 aromatic carbocycles. The minimum Gasteiger partial charge on any atom is -0.326 e. The fraction of sp³-hybridized carbons (Fsp3) is 0.125. The third-order valence-corrected chi connectivity index (χ3v) is 3.41. The summed E-state index contributed by atoms with van der Waals surface area (Å²) in [5, 5.41) is 5.48. The Hall–Kier alpha value is -2.69. The van der Waals surface area contributed by atoms with E-state index in [2.05, 4.69) is 10.6 Å². The Balaban J connectivity index is 1.80. The van der Waals surface area contributed by atoms with E-state index in [1.54, 1.807) is 25.1 Å². The zero-order valence-corrected chi connectivity index (χ0v) is 11.4. The van der Waals surface area contributed by atoms with Crippen molar-refractivity contribution in [2.45, 2.75) is 13.3 Å². The molecular weight excluding hydrogens is 271 g/mol. The van der Waals surface area contributed by atoms with Crippen molar-refractivity contribution in [1.29, 1.82) is 0 Å². The molecule has 21 heavy (non-hydrogen) atoms. The van der Waals surface area contributed by atoms with E-state index in [1.807, 2.05) is 0 Å².